The predicted octanol–water partition coefficient (Wildman–Crippen LogP) is 4.33. The molecule has 1 fully saturated rings. The molecule has 1 saturated heterocycles. The van der Waals surface area contributed by atoms with Crippen LogP contribution in [0.2, 0.25) is 0 Å². The van der Waals surface area contributed by atoms with Crippen LogP contribution in [0.25, 0.3) is 5.57 Å². The van der Waals surface area contributed by atoms with Crippen molar-refractivity contribution in [2.75, 3.05) is 0 Å². The van der Waals surface area contributed by atoms with Crippen molar-refractivity contribution in [3.05, 3.63) is 41.5 Å². The van der Waals surface area contributed by atoms with E-state index in [1.807, 2.05) is 31.7 Å². The number of carbonyl (C=O) groups is 2. The molecule has 5 nitrogen and oxygen atoms in total. The summed E-state index contributed by atoms with van der Waals surface area (Å²) in [6.07, 6.45) is 5.55. The monoisotopic (exact) mass is 343 g/mol. The first-order chi connectivity index (χ1) is 11.7. The minimum Gasteiger partial charge on any atom is -0.478 e. The molecule has 2 aliphatic rings. The van der Waals surface area contributed by atoms with Crippen molar-refractivity contribution in [3.63, 3.8) is 0 Å². The van der Waals surface area contributed by atoms with E-state index in [0.717, 1.165) is 36.8 Å². The van der Waals surface area contributed by atoms with Crippen molar-refractivity contribution in [3.8, 4) is 0 Å². The van der Waals surface area contributed by atoms with Gasteiger partial charge in [-0.25, -0.2) is 9.59 Å². The Morgan fingerprint density at radius 1 is 1.24 bits per heavy atom. The van der Waals surface area contributed by atoms with E-state index >= 15 is 0 Å². The van der Waals surface area contributed by atoms with E-state index < -0.39 is 11.6 Å². The van der Waals surface area contributed by atoms with Gasteiger partial charge < -0.3 is 9.84 Å². The number of hydrogen-bond acceptors (Lipinski definition) is 3. The molecular weight excluding hydrogens is 318 g/mol. The van der Waals surface area contributed by atoms with Crippen LogP contribution >= 0.6 is 0 Å². The minimum atomic E-state index is -0.922. The SMILES string of the molecule is CC(C)(C)OC(=O)N1C2C=C(c3cccc(C(=O)O)c3)CC1CCC2. The van der Waals surface area contributed by atoms with Crippen LogP contribution in [0.5, 0.6) is 0 Å². The van der Waals surface area contributed by atoms with Crippen molar-refractivity contribution in [1.82, 2.24) is 4.90 Å². The predicted molar refractivity (Wildman–Crippen MR) is 95.5 cm³/mol. The highest BCUT2D eigenvalue weighted by Crippen LogP contribution is 2.38. The molecule has 5 heteroatoms. The molecule has 1 aromatic rings. The van der Waals surface area contributed by atoms with Crippen LogP contribution in [-0.2, 0) is 4.74 Å². The number of carboxylic acids is 1. The Bertz CT molecular complexity index is 717. The number of benzene rings is 1. The van der Waals surface area contributed by atoms with E-state index in [9.17, 15) is 14.7 Å². The largest absolute Gasteiger partial charge is 0.478 e. The third kappa shape index (κ3) is 3.86. The fourth-order valence-corrected chi connectivity index (χ4v) is 3.69. The van der Waals surface area contributed by atoms with E-state index in [-0.39, 0.29) is 23.7 Å². The quantitative estimate of drug-likeness (QED) is 0.868. The van der Waals surface area contributed by atoms with Gasteiger partial charge in [0.25, 0.3) is 0 Å². The summed E-state index contributed by atoms with van der Waals surface area (Å²) in [4.78, 5) is 25.7. The lowest BCUT2D eigenvalue weighted by Gasteiger charge is -2.45. The first-order valence-electron chi connectivity index (χ1n) is 8.80. The normalized spacial score (nSPS) is 23.0. The van der Waals surface area contributed by atoms with Crippen LogP contribution in [-0.4, -0.2) is 39.8 Å². The molecule has 3 rings (SSSR count). The number of fused-ring (bicyclic) bond motifs is 2. The molecule has 0 saturated carbocycles. The Morgan fingerprint density at radius 2 is 2.00 bits per heavy atom. The second-order valence-electron chi connectivity index (χ2n) is 7.82. The van der Waals surface area contributed by atoms with Gasteiger partial charge in [0.05, 0.1) is 11.6 Å². The standard InChI is InChI=1S/C20H25NO4/c1-20(2,3)25-19(24)21-16-8-5-9-17(21)12-15(11-16)13-6-4-7-14(10-13)18(22)23/h4,6-7,10-11,16-17H,5,8-9,12H2,1-3H3,(H,22,23). The summed E-state index contributed by atoms with van der Waals surface area (Å²) in [5.74, 6) is -0.922. The smallest absolute Gasteiger partial charge is 0.411 e. The number of amides is 1. The summed E-state index contributed by atoms with van der Waals surface area (Å²) < 4.78 is 5.59. The third-order valence-electron chi connectivity index (χ3n) is 4.72. The summed E-state index contributed by atoms with van der Waals surface area (Å²) in [5, 5.41) is 9.20. The summed E-state index contributed by atoms with van der Waals surface area (Å²) >= 11 is 0. The number of hydrogen-bond donors (Lipinski definition) is 1. The van der Waals surface area contributed by atoms with E-state index in [2.05, 4.69) is 6.08 Å². The molecule has 2 bridgehead atoms. The molecule has 2 atom stereocenters. The number of carboxylic acid groups (broad SMARTS) is 1. The van der Waals surface area contributed by atoms with Gasteiger partial charge in [0.1, 0.15) is 5.60 Å². The third-order valence-corrected chi connectivity index (χ3v) is 4.72. The molecule has 1 N–H and O–H groups in total. The molecule has 0 spiro atoms. The maximum atomic E-state index is 12.6. The van der Waals surface area contributed by atoms with Crippen molar-refractivity contribution >= 4 is 17.6 Å². The number of carbonyl (C=O) groups excluding carboxylic acids is 1. The van der Waals surface area contributed by atoms with Crippen LogP contribution in [0.1, 0.15) is 62.4 Å². The van der Waals surface area contributed by atoms with Crippen LogP contribution in [0.15, 0.2) is 30.3 Å². The van der Waals surface area contributed by atoms with Gasteiger partial charge in [-0.3, -0.25) is 4.90 Å². The first-order valence-corrected chi connectivity index (χ1v) is 8.80. The van der Waals surface area contributed by atoms with Crippen molar-refractivity contribution in [1.29, 1.82) is 0 Å². The van der Waals surface area contributed by atoms with Crippen molar-refractivity contribution in [2.24, 2.45) is 0 Å². The van der Waals surface area contributed by atoms with Gasteiger partial charge in [-0.2, -0.15) is 0 Å². The highest BCUT2D eigenvalue weighted by Gasteiger charge is 2.39. The molecule has 2 heterocycles. The van der Waals surface area contributed by atoms with E-state index in [1.54, 1.807) is 18.2 Å². The van der Waals surface area contributed by atoms with Gasteiger partial charge in [0, 0.05) is 6.04 Å². The van der Waals surface area contributed by atoms with Gasteiger partial charge in [-0.15, -0.1) is 0 Å². The molecule has 2 unspecified atom stereocenters. The van der Waals surface area contributed by atoms with Crippen LogP contribution in [0, 0.1) is 0 Å². The Morgan fingerprint density at radius 3 is 2.64 bits per heavy atom. The fourth-order valence-electron chi connectivity index (χ4n) is 3.69. The first kappa shape index (κ1) is 17.5. The van der Waals surface area contributed by atoms with Crippen LogP contribution < -0.4 is 0 Å². The van der Waals surface area contributed by atoms with Gasteiger partial charge >= 0.3 is 12.1 Å². The Balaban J connectivity index is 1.87. The lowest BCUT2D eigenvalue weighted by Crippen LogP contribution is -2.53. The zero-order chi connectivity index (χ0) is 18.2. The van der Waals surface area contributed by atoms with Gasteiger partial charge in [-0.05, 0) is 69.7 Å². The summed E-state index contributed by atoms with van der Waals surface area (Å²) in [5.41, 5.74) is 1.84. The lowest BCUT2D eigenvalue weighted by molar-refractivity contribution is 0.0000734. The van der Waals surface area contributed by atoms with E-state index in [1.165, 1.54) is 0 Å². The minimum absolute atomic E-state index is 0.0193. The van der Waals surface area contributed by atoms with E-state index in [4.69, 9.17) is 4.74 Å². The molecule has 0 aliphatic carbocycles. The van der Waals surface area contributed by atoms with Crippen LogP contribution in [0.4, 0.5) is 4.79 Å². The molecule has 25 heavy (non-hydrogen) atoms. The number of piperidine rings is 1. The molecule has 134 valence electrons. The molecule has 0 aromatic heterocycles. The second-order valence-corrected chi connectivity index (χ2v) is 7.82. The average Bonchev–Trinajstić information content (AvgIpc) is 2.52. The fraction of sp³-hybridized carbons (Fsp3) is 0.500. The summed E-state index contributed by atoms with van der Waals surface area (Å²) in [7, 11) is 0. The zero-order valence-electron chi connectivity index (χ0n) is 15.0. The second kappa shape index (κ2) is 6.54. The summed E-state index contributed by atoms with van der Waals surface area (Å²) in [6.45, 7) is 5.63. The van der Waals surface area contributed by atoms with Gasteiger partial charge in [0.15, 0.2) is 0 Å². The number of rotatable bonds is 2. The molecule has 2 aliphatic heterocycles. The van der Waals surface area contributed by atoms with Gasteiger partial charge in [0.2, 0.25) is 0 Å². The molecule has 1 amide bonds. The topological polar surface area (TPSA) is 66.8 Å². The maximum Gasteiger partial charge on any atom is 0.411 e. The lowest BCUT2D eigenvalue weighted by atomic mass is 9.83. The number of nitrogens with zero attached hydrogens (tertiary/aromatic N) is 1. The Kier molecular flexibility index (Phi) is 4.58. The molecule has 1 aromatic carbocycles. The zero-order valence-corrected chi connectivity index (χ0v) is 15.0. The van der Waals surface area contributed by atoms with Crippen LogP contribution in [0.3, 0.4) is 0 Å². The molecule has 0 radical (unpaired) electrons. The van der Waals surface area contributed by atoms with Crippen molar-refractivity contribution < 1.29 is 19.4 Å². The van der Waals surface area contributed by atoms with Crippen molar-refractivity contribution in [2.45, 2.75) is 64.1 Å². The summed E-state index contributed by atoms with van der Waals surface area (Å²) in [6, 6.07) is 7.16. The van der Waals surface area contributed by atoms with E-state index in [0.29, 0.717) is 0 Å². The number of ether oxygens (including phenoxy) is 1. The van der Waals surface area contributed by atoms with Gasteiger partial charge in [-0.1, -0.05) is 18.2 Å². The maximum absolute atomic E-state index is 12.6. The number of aromatic carboxylic acids is 1. The Labute approximate surface area is 148 Å². The Hall–Kier alpha value is -2.30. The average molecular weight is 343 g/mol. The highest BCUT2D eigenvalue weighted by molar-refractivity contribution is 5.89. The molecular formula is C20H25NO4. The highest BCUT2D eigenvalue weighted by atomic mass is 16.6.